The number of piperidine rings is 1. The van der Waals surface area contributed by atoms with Gasteiger partial charge in [-0.25, -0.2) is 4.39 Å². The number of alkyl halides is 1. The van der Waals surface area contributed by atoms with Crippen LogP contribution in [0.1, 0.15) is 53.7 Å². The normalized spacial score (nSPS) is 23.5. The maximum Gasteiger partial charge on any atom is 0.266 e. The van der Waals surface area contributed by atoms with Crippen LogP contribution in [0.4, 0.5) is 4.39 Å². The Morgan fingerprint density at radius 3 is 3.08 bits per heavy atom. The number of halogens is 1. The van der Waals surface area contributed by atoms with Crippen molar-refractivity contribution in [3.05, 3.63) is 47.7 Å². The van der Waals surface area contributed by atoms with E-state index in [9.17, 15) is 4.79 Å². The van der Waals surface area contributed by atoms with E-state index in [4.69, 9.17) is 4.52 Å². The molecule has 5 rings (SSSR count). The van der Waals surface area contributed by atoms with Crippen molar-refractivity contribution in [2.45, 2.75) is 37.3 Å². The monoisotopic (exact) mass is 354 g/mol. The van der Waals surface area contributed by atoms with Gasteiger partial charge in [0.05, 0.1) is 6.54 Å². The van der Waals surface area contributed by atoms with Crippen LogP contribution < -0.4 is 0 Å². The van der Waals surface area contributed by atoms with Gasteiger partial charge in [0.25, 0.3) is 11.8 Å². The van der Waals surface area contributed by atoms with E-state index in [1.54, 1.807) is 11.0 Å². The van der Waals surface area contributed by atoms with Crippen LogP contribution in [0.3, 0.4) is 0 Å². The van der Waals surface area contributed by atoms with Gasteiger partial charge in [-0.1, -0.05) is 11.2 Å². The smallest absolute Gasteiger partial charge is 0.266 e. The Bertz CT molecular complexity index is 977. The molecule has 2 fully saturated rings. The number of aromatic amines is 1. The number of benzene rings is 1. The summed E-state index contributed by atoms with van der Waals surface area (Å²) < 4.78 is 20.7. The molecular formula is C19H19FN4O2. The van der Waals surface area contributed by atoms with Crippen LogP contribution in [0.5, 0.6) is 0 Å². The zero-order valence-electron chi connectivity index (χ0n) is 14.2. The molecule has 1 saturated heterocycles. The molecule has 1 aliphatic heterocycles. The lowest BCUT2D eigenvalue weighted by Gasteiger charge is -2.35. The van der Waals surface area contributed by atoms with Gasteiger partial charge in [-0.3, -0.25) is 4.79 Å². The minimum absolute atomic E-state index is 0.0109. The molecule has 1 aliphatic carbocycles. The first-order valence-corrected chi connectivity index (χ1v) is 9.02. The molecule has 7 heteroatoms. The Balaban J connectivity index is 1.39. The number of hydrogen-bond donors (Lipinski definition) is 1. The Morgan fingerprint density at radius 1 is 1.35 bits per heavy atom. The number of H-pyrrole nitrogens is 1. The van der Waals surface area contributed by atoms with E-state index in [0.29, 0.717) is 36.7 Å². The van der Waals surface area contributed by atoms with Crippen LogP contribution in [-0.4, -0.2) is 39.0 Å². The Labute approximate surface area is 149 Å². The van der Waals surface area contributed by atoms with Crippen molar-refractivity contribution in [2.24, 2.45) is 0 Å². The first-order chi connectivity index (χ1) is 12.6. The van der Waals surface area contributed by atoms with Crippen LogP contribution in [-0.2, 0) is 5.67 Å². The molecule has 6 nitrogen and oxygen atoms in total. The maximum atomic E-state index is 15.5. The maximum absolute atomic E-state index is 15.5. The fourth-order valence-electron chi connectivity index (χ4n) is 3.65. The average molecular weight is 354 g/mol. The molecular weight excluding hydrogens is 335 g/mol. The third kappa shape index (κ3) is 2.58. The summed E-state index contributed by atoms with van der Waals surface area (Å²) in [6, 6.07) is 7.44. The van der Waals surface area contributed by atoms with Crippen molar-refractivity contribution in [1.29, 1.82) is 0 Å². The second kappa shape index (κ2) is 5.65. The highest BCUT2D eigenvalue weighted by atomic mass is 19.1. The fraction of sp³-hybridized carbons (Fsp3) is 0.421. The Hall–Kier alpha value is -2.70. The number of aromatic nitrogens is 3. The van der Waals surface area contributed by atoms with Crippen molar-refractivity contribution >= 4 is 16.8 Å². The molecule has 26 heavy (non-hydrogen) atoms. The van der Waals surface area contributed by atoms with Crippen LogP contribution in [0, 0.1) is 0 Å². The van der Waals surface area contributed by atoms with Crippen LogP contribution in [0.2, 0.25) is 0 Å². The van der Waals surface area contributed by atoms with Crippen molar-refractivity contribution in [3.8, 4) is 0 Å². The number of carbonyl (C=O) groups excluding carboxylic acids is 1. The SMILES string of the molecule is O=C(c1ccc2cc[nH]c2c1)N1CCC[C@@](F)(c2nc(C3CC3)no2)C1. The summed E-state index contributed by atoms with van der Waals surface area (Å²) in [6.45, 7) is 0.470. The first kappa shape index (κ1) is 15.5. The average Bonchev–Trinajstić information content (AvgIpc) is 3.19. The molecule has 3 heterocycles. The second-order valence-corrected chi connectivity index (χ2v) is 7.31. The number of hydrogen-bond acceptors (Lipinski definition) is 4. The third-order valence-electron chi connectivity index (χ3n) is 5.30. The summed E-state index contributed by atoms with van der Waals surface area (Å²) in [5.41, 5.74) is -0.330. The van der Waals surface area contributed by atoms with Crippen molar-refractivity contribution < 1.29 is 13.7 Å². The lowest BCUT2D eigenvalue weighted by Crippen LogP contribution is -2.46. The summed E-state index contributed by atoms with van der Waals surface area (Å²) in [7, 11) is 0. The van der Waals surface area contributed by atoms with Crippen molar-refractivity contribution in [2.75, 3.05) is 13.1 Å². The van der Waals surface area contributed by atoms with Gasteiger partial charge in [-0.05, 0) is 49.3 Å². The highest BCUT2D eigenvalue weighted by Gasteiger charge is 2.44. The number of carbonyl (C=O) groups is 1. The van der Waals surface area contributed by atoms with Crippen molar-refractivity contribution in [1.82, 2.24) is 20.0 Å². The molecule has 0 spiro atoms. The summed E-state index contributed by atoms with van der Waals surface area (Å²) in [6.07, 6.45) is 4.75. The number of rotatable bonds is 3. The molecule has 1 aromatic carbocycles. The molecule has 2 aliphatic rings. The molecule has 1 atom stereocenters. The number of fused-ring (bicyclic) bond motifs is 1. The van der Waals surface area contributed by atoms with Gasteiger partial charge in [0.1, 0.15) is 0 Å². The van der Waals surface area contributed by atoms with Crippen LogP contribution >= 0.6 is 0 Å². The third-order valence-corrected chi connectivity index (χ3v) is 5.30. The van der Waals surface area contributed by atoms with Gasteiger partial charge in [0.2, 0.25) is 5.67 Å². The van der Waals surface area contributed by atoms with E-state index in [2.05, 4.69) is 15.1 Å². The molecule has 0 bridgehead atoms. The molecule has 2 aromatic heterocycles. The van der Waals surface area contributed by atoms with E-state index in [1.165, 1.54) is 0 Å². The van der Waals surface area contributed by atoms with E-state index in [-0.39, 0.29) is 18.3 Å². The number of nitrogens with one attached hydrogen (secondary N) is 1. The summed E-state index contributed by atoms with van der Waals surface area (Å²) in [5.74, 6) is 0.740. The van der Waals surface area contributed by atoms with Gasteiger partial charge in [0, 0.05) is 29.7 Å². The van der Waals surface area contributed by atoms with E-state index in [0.717, 1.165) is 23.7 Å². The largest absolute Gasteiger partial charge is 0.361 e. The predicted molar refractivity (Wildman–Crippen MR) is 92.5 cm³/mol. The quantitative estimate of drug-likeness (QED) is 0.781. The van der Waals surface area contributed by atoms with Gasteiger partial charge in [0.15, 0.2) is 5.82 Å². The molecule has 3 aromatic rings. The lowest BCUT2D eigenvalue weighted by molar-refractivity contribution is 0.0152. The van der Waals surface area contributed by atoms with Gasteiger partial charge in [-0.2, -0.15) is 4.98 Å². The zero-order valence-corrected chi connectivity index (χ0v) is 14.2. The second-order valence-electron chi connectivity index (χ2n) is 7.31. The number of nitrogens with zero attached hydrogens (tertiary/aromatic N) is 3. The molecule has 1 N–H and O–H groups in total. The fourth-order valence-corrected chi connectivity index (χ4v) is 3.65. The predicted octanol–water partition coefficient (Wildman–Crippen LogP) is 3.53. The van der Waals surface area contributed by atoms with Crippen LogP contribution in [0.15, 0.2) is 35.0 Å². The van der Waals surface area contributed by atoms with E-state index in [1.807, 2.05) is 24.4 Å². The molecule has 0 radical (unpaired) electrons. The zero-order chi connectivity index (χ0) is 17.7. The minimum Gasteiger partial charge on any atom is -0.361 e. The van der Waals surface area contributed by atoms with E-state index < -0.39 is 5.67 Å². The molecule has 1 amide bonds. The molecule has 1 saturated carbocycles. The van der Waals surface area contributed by atoms with Gasteiger partial charge in [-0.15, -0.1) is 0 Å². The highest BCUT2D eigenvalue weighted by Crippen LogP contribution is 2.41. The topological polar surface area (TPSA) is 75.0 Å². The lowest BCUT2D eigenvalue weighted by atomic mass is 9.94. The standard InChI is InChI=1S/C19H19FN4O2/c20-19(18-22-16(23-26-18)13-3-4-13)7-1-9-24(11-19)17(25)14-5-2-12-6-8-21-15(12)10-14/h2,5-6,8,10,13,21H,1,3-4,7,9,11H2/t19-/m0/s1. The number of amides is 1. The first-order valence-electron chi connectivity index (χ1n) is 9.02. The van der Waals surface area contributed by atoms with E-state index >= 15 is 4.39 Å². The number of likely N-dealkylation sites (tertiary alicyclic amines) is 1. The summed E-state index contributed by atoms with van der Waals surface area (Å²) in [5, 5.41) is 4.96. The Kier molecular flexibility index (Phi) is 3.38. The summed E-state index contributed by atoms with van der Waals surface area (Å²) in [4.78, 5) is 21.8. The molecule has 134 valence electrons. The molecule has 0 unspecified atom stereocenters. The Morgan fingerprint density at radius 2 is 2.23 bits per heavy atom. The van der Waals surface area contributed by atoms with Crippen molar-refractivity contribution in [3.63, 3.8) is 0 Å². The summed E-state index contributed by atoms with van der Waals surface area (Å²) >= 11 is 0. The van der Waals surface area contributed by atoms with Crippen LogP contribution in [0.25, 0.3) is 10.9 Å². The van der Waals surface area contributed by atoms with Gasteiger partial charge >= 0.3 is 0 Å². The minimum atomic E-state index is -1.77. The van der Waals surface area contributed by atoms with Gasteiger partial charge < -0.3 is 14.4 Å². The highest BCUT2D eigenvalue weighted by molar-refractivity contribution is 5.98.